The molecular weight excluding hydrogens is 648 g/mol. The third kappa shape index (κ3) is 9.25. The third-order valence-electron chi connectivity index (χ3n) is 7.47. The summed E-state index contributed by atoms with van der Waals surface area (Å²) in [6.45, 7) is 4.01. The Morgan fingerprint density at radius 2 is 1.57 bits per heavy atom. The van der Waals surface area contributed by atoms with Gasteiger partial charge in [-0.1, -0.05) is 41.9 Å². The number of rotatable bonds is 8. The van der Waals surface area contributed by atoms with Crippen molar-refractivity contribution in [3.63, 3.8) is 0 Å². The lowest BCUT2D eigenvalue weighted by molar-refractivity contribution is -0.123. The number of aromatic carboxylic acids is 1. The molecule has 1 saturated carbocycles. The number of benzene rings is 1. The van der Waals surface area contributed by atoms with Crippen LogP contribution in [0.25, 0.3) is 0 Å². The zero-order valence-corrected chi connectivity index (χ0v) is 27.1. The van der Waals surface area contributed by atoms with Crippen molar-refractivity contribution in [2.75, 3.05) is 18.0 Å². The van der Waals surface area contributed by atoms with Gasteiger partial charge in [-0.2, -0.15) is 10.5 Å². The molecule has 0 atom stereocenters. The largest absolute Gasteiger partial charge is 0.478 e. The second-order valence-electron chi connectivity index (χ2n) is 11.1. The highest BCUT2D eigenvalue weighted by atomic mass is 35.5. The zero-order chi connectivity index (χ0) is 34.3. The Hall–Kier alpha value is -5.05. The molecule has 1 aliphatic heterocycles. The first-order valence-electron chi connectivity index (χ1n) is 14.6. The number of hydrogen-bond acceptors (Lipinski definition) is 11. The van der Waals surface area contributed by atoms with E-state index in [9.17, 15) is 33.2 Å². The van der Waals surface area contributed by atoms with Gasteiger partial charge in [0.2, 0.25) is 15.9 Å². The van der Waals surface area contributed by atoms with Crippen LogP contribution in [0.4, 0.5) is 5.82 Å². The highest BCUT2D eigenvalue weighted by molar-refractivity contribution is 7.89. The molecule has 0 spiro atoms. The number of carboxylic acids is 1. The molecule has 2 aromatic heterocycles. The van der Waals surface area contributed by atoms with Gasteiger partial charge in [-0.25, -0.2) is 28.0 Å². The minimum atomic E-state index is -3.80. The predicted molar refractivity (Wildman–Crippen MR) is 170 cm³/mol. The second-order valence-corrected chi connectivity index (χ2v) is 13.1. The van der Waals surface area contributed by atoms with Crippen LogP contribution in [0, 0.1) is 42.4 Å². The number of piperidine rings is 1. The van der Waals surface area contributed by atoms with Gasteiger partial charge in [0.05, 0.1) is 39.4 Å². The van der Waals surface area contributed by atoms with Gasteiger partial charge in [-0.3, -0.25) is 9.52 Å². The number of pyridine rings is 2. The van der Waals surface area contributed by atoms with Crippen LogP contribution in [0.2, 0.25) is 5.15 Å². The molecule has 15 heteroatoms. The lowest BCUT2D eigenvalue weighted by Crippen LogP contribution is -2.43. The van der Waals surface area contributed by atoms with Gasteiger partial charge < -0.3 is 14.7 Å². The molecule has 0 unspecified atom stereocenters. The fourth-order valence-electron chi connectivity index (χ4n) is 4.81. The Balaban J connectivity index is 0.000000261. The van der Waals surface area contributed by atoms with Crippen LogP contribution in [0.5, 0.6) is 0 Å². The molecule has 0 bridgehead atoms. The van der Waals surface area contributed by atoms with Gasteiger partial charge in [0, 0.05) is 19.0 Å². The maximum Gasteiger partial charge on any atom is 0.340 e. The van der Waals surface area contributed by atoms with Crippen LogP contribution in [-0.2, 0) is 25.3 Å². The highest BCUT2D eigenvalue weighted by Crippen LogP contribution is 2.28. The van der Waals surface area contributed by atoms with Crippen LogP contribution >= 0.6 is 11.6 Å². The fourth-order valence-corrected chi connectivity index (χ4v) is 6.21. The van der Waals surface area contributed by atoms with Crippen LogP contribution in [0.15, 0.2) is 42.5 Å². The predicted octanol–water partition coefficient (Wildman–Crippen LogP) is 4.06. The molecule has 0 radical (unpaired) electrons. The van der Waals surface area contributed by atoms with Gasteiger partial charge in [-0.15, -0.1) is 0 Å². The normalized spacial score (nSPS) is 14.5. The lowest BCUT2D eigenvalue weighted by Gasteiger charge is -2.32. The fraction of sp³-hybridized carbons (Fsp3) is 0.344. The topological polar surface area (TPSA) is 203 Å². The molecular formula is C32H31ClN6O7S. The molecule has 1 aromatic carbocycles. The first-order valence-corrected chi connectivity index (χ1v) is 16.6. The van der Waals surface area contributed by atoms with Crippen LogP contribution in [-0.4, -0.2) is 60.5 Å². The van der Waals surface area contributed by atoms with Gasteiger partial charge in [-0.05, 0) is 57.2 Å². The van der Waals surface area contributed by atoms with E-state index in [1.807, 2.05) is 17.0 Å². The van der Waals surface area contributed by atoms with E-state index in [1.165, 1.54) is 12.1 Å². The van der Waals surface area contributed by atoms with Crippen LogP contribution < -0.4 is 9.62 Å². The van der Waals surface area contributed by atoms with E-state index in [2.05, 4.69) is 14.7 Å². The summed E-state index contributed by atoms with van der Waals surface area (Å²) in [5.74, 6) is -2.50. The van der Waals surface area contributed by atoms with Crippen molar-refractivity contribution < 1.29 is 32.6 Å². The molecule has 2 aliphatic rings. The van der Waals surface area contributed by atoms with Crippen molar-refractivity contribution in [3.8, 4) is 12.1 Å². The molecule has 5 rings (SSSR count). The summed E-state index contributed by atoms with van der Waals surface area (Å²) in [6, 6.07) is 15.2. The number of sulfonamides is 1. The van der Waals surface area contributed by atoms with Gasteiger partial charge in [0.15, 0.2) is 0 Å². The number of carboxylic acid groups (broad SMARTS) is 1. The summed E-state index contributed by atoms with van der Waals surface area (Å²) < 4.78 is 31.9. The number of amides is 1. The number of nitrogens with zero attached hydrogens (tertiary/aromatic N) is 5. The number of hydrogen-bond donors (Lipinski definition) is 2. The standard InChI is InChI=1S/C21H22N4O5S.C11H9ClN2O2/c1-14-18(21(27)28)11-17(12-22)19(23-14)25-9-7-16(8-10-25)20(26)24-31(29,30)13-15-5-3-2-4-6-15;1-6-9(11(15)16-8-2-3-8)4-7(5-13)10(12)14-6/h2-6,11,16H,7-10,13H2,1H3,(H,24,26)(H,27,28);4,8H,2-3H2,1H3. The number of nitriles is 2. The first kappa shape index (κ1) is 34.8. The van der Waals surface area contributed by atoms with Crippen molar-refractivity contribution in [2.24, 2.45) is 5.92 Å². The summed E-state index contributed by atoms with van der Waals surface area (Å²) in [6.07, 6.45) is 2.64. The van der Waals surface area contributed by atoms with E-state index < -0.39 is 33.8 Å². The first-order chi connectivity index (χ1) is 22.3. The Bertz CT molecular complexity index is 1880. The Labute approximate surface area is 276 Å². The molecule has 3 aromatic rings. The SMILES string of the molecule is Cc1nc(Cl)c(C#N)cc1C(=O)OC1CC1.Cc1nc(N2CCC(C(=O)NS(=O)(=O)Cc3ccccc3)CC2)c(C#N)cc1C(=O)O. The van der Waals surface area contributed by atoms with Crippen molar-refractivity contribution in [2.45, 2.75) is 51.4 Å². The number of halogens is 1. The maximum absolute atomic E-state index is 12.5. The highest BCUT2D eigenvalue weighted by Gasteiger charge is 2.30. The van der Waals surface area contributed by atoms with Crippen LogP contribution in [0.3, 0.4) is 0 Å². The van der Waals surface area contributed by atoms with Crippen molar-refractivity contribution in [1.82, 2.24) is 14.7 Å². The molecule has 2 fully saturated rings. The minimum absolute atomic E-state index is 0.0295. The summed E-state index contributed by atoms with van der Waals surface area (Å²) in [7, 11) is -3.80. The van der Waals surface area contributed by atoms with E-state index >= 15 is 0 Å². The summed E-state index contributed by atoms with van der Waals surface area (Å²) in [5, 5.41) is 27.5. The van der Waals surface area contributed by atoms with E-state index in [1.54, 1.807) is 44.2 Å². The third-order valence-corrected chi connectivity index (χ3v) is 8.98. The molecule has 244 valence electrons. The number of anilines is 1. The molecule has 3 heterocycles. The Morgan fingerprint density at radius 3 is 2.15 bits per heavy atom. The molecule has 47 heavy (non-hydrogen) atoms. The maximum atomic E-state index is 12.5. The number of nitrogens with one attached hydrogen (secondary N) is 1. The van der Waals surface area contributed by atoms with Crippen molar-refractivity contribution >= 4 is 45.3 Å². The summed E-state index contributed by atoms with van der Waals surface area (Å²) >= 11 is 5.74. The molecule has 1 aliphatic carbocycles. The number of ether oxygens (including phenoxy) is 1. The average Bonchev–Trinajstić information content (AvgIpc) is 3.85. The molecule has 1 amide bonds. The number of carbonyl (C=O) groups is 3. The van der Waals surface area contributed by atoms with E-state index in [0.29, 0.717) is 54.3 Å². The molecule has 13 nitrogen and oxygen atoms in total. The van der Waals surface area contributed by atoms with Gasteiger partial charge in [0.25, 0.3) is 0 Å². The quantitative estimate of drug-likeness (QED) is 0.256. The smallest absolute Gasteiger partial charge is 0.340 e. The monoisotopic (exact) mass is 678 g/mol. The van der Waals surface area contributed by atoms with Crippen molar-refractivity contribution in [3.05, 3.63) is 86.8 Å². The lowest BCUT2D eigenvalue weighted by atomic mass is 9.96. The van der Waals surface area contributed by atoms with E-state index in [-0.39, 0.29) is 33.7 Å². The number of aryl methyl sites for hydroxylation is 2. The van der Waals surface area contributed by atoms with Gasteiger partial charge >= 0.3 is 11.9 Å². The number of aromatic nitrogens is 2. The van der Waals surface area contributed by atoms with Gasteiger partial charge in [0.1, 0.15) is 29.2 Å². The second kappa shape index (κ2) is 15.0. The Morgan fingerprint density at radius 1 is 0.979 bits per heavy atom. The van der Waals surface area contributed by atoms with E-state index in [4.69, 9.17) is 21.6 Å². The molecule has 1 saturated heterocycles. The zero-order valence-electron chi connectivity index (χ0n) is 25.6. The minimum Gasteiger partial charge on any atom is -0.478 e. The number of esters is 1. The van der Waals surface area contributed by atoms with E-state index in [0.717, 1.165) is 12.8 Å². The summed E-state index contributed by atoms with van der Waals surface area (Å²) in [4.78, 5) is 45.5. The summed E-state index contributed by atoms with van der Waals surface area (Å²) in [5.41, 5.74) is 1.99. The van der Waals surface area contributed by atoms with Crippen molar-refractivity contribution in [1.29, 1.82) is 10.5 Å². The number of carbonyl (C=O) groups excluding carboxylic acids is 2. The average molecular weight is 679 g/mol. The van der Waals surface area contributed by atoms with Crippen LogP contribution in [0.1, 0.15) is 74.5 Å². The molecule has 2 N–H and O–H groups in total. The Kier molecular flexibility index (Phi) is 11.1.